The summed E-state index contributed by atoms with van der Waals surface area (Å²) in [7, 11) is 4.86. The first-order chi connectivity index (χ1) is 40.8. The van der Waals surface area contributed by atoms with Crippen molar-refractivity contribution >= 4 is 87.2 Å². The number of nitrogens with zero attached hydrogens (tertiary/aromatic N) is 3. The van der Waals surface area contributed by atoms with E-state index in [-0.39, 0.29) is 76.4 Å². The standard InChI is InChI=1S/C59H79ClN10O16/c1-32(2)50(67-45(71)18-9-10-19-48(74)86-70-46(72)22-23-47(70)73)54(76)65-39(16-13-26-63-55(61)77)53(75)64-38-21-20-37(36-15-12-25-62-51(36)38)66-56(78)84-43-24-27-69(6)40-29-35(30-41(81-7)49(40)60)28-33(3)14-11-17-44(82-8)59(80)31-42(83-57(79)68-59)34(4)52-58(43,5)85-52/h11-12,14-15,17,20-21,25,29-30,32,34,39,42-44,50,52,56,66,78,80H,9-10,13,16,18-19,22-24,26-28,31H2,1-8H3,(H,64,75)(H,65,76)(H,67,71)(H,68,79)(H3,61,63,77)/b17-11+,33-14+/t34-,39+,42+,43+,44-,50+,52+,56?,58+,59+/m1/s1. The molecule has 2 aromatic carbocycles. The molecule has 1 unspecified atom stereocenters. The van der Waals surface area contributed by atoms with Gasteiger partial charge in [0.25, 0.3) is 11.8 Å². The van der Waals surface area contributed by atoms with Crippen LogP contribution in [0.3, 0.4) is 0 Å². The number of halogens is 1. The molecule has 8 amide bonds. The van der Waals surface area contributed by atoms with Gasteiger partial charge in [0, 0.05) is 82.5 Å². The number of hydrogen-bond donors (Lipinski definition) is 9. The number of aliphatic hydroxyl groups excluding tert-OH is 1. The average Bonchev–Trinajstić information content (AvgIpc) is 2.64. The first-order valence-corrected chi connectivity index (χ1v) is 29.0. The van der Waals surface area contributed by atoms with Crippen LogP contribution in [0.2, 0.25) is 5.02 Å². The van der Waals surface area contributed by atoms with E-state index in [1.54, 1.807) is 57.4 Å². The lowest BCUT2D eigenvalue weighted by molar-refractivity contribution is -0.197. The van der Waals surface area contributed by atoms with Gasteiger partial charge < -0.3 is 76.0 Å². The minimum Gasteiger partial charge on any atom is -0.495 e. The summed E-state index contributed by atoms with van der Waals surface area (Å²) in [4.78, 5) is 113. The molecule has 468 valence electrons. The number of primary amides is 1. The molecule has 1 aromatic heterocycles. The Bertz CT molecular complexity index is 3060. The number of aliphatic hydroxyl groups is 2. The molecule has 7 rings (SSSR count). The number of unbranched alkanes of at least 4 members (excludes halogenated alkanes) is 1. The summed E-state index contributed by atoms with van der Waals surface area (Å²) in [5, 5.41) is 41.6. The topological polar surface area (TPSA) is 353 Å². The number of nitrogens with two attached hydrogens (primary N) is 1. The van der Waals surface area contributed by atoms with Crippen molar-refractivity contribution in [3.05, 3.63) is 77.0 Å². The summed E-state index contributed by atoms with van der Waals surface area (Å²) in [5.74, 6) is -4.31. The molecule has 26 nitrogen and oxygen atoms in total. The highest BCUT2D eigenvalue weighted by molar-refractivity contribution is 6.34. The number of urea groups is 1. The molecule has 10 atom stereocenters. The number of aromatic nitrogens is 1. The molecule has 0 radical (unpaired) electrons. The maximum absolute atomic E-state index is 14.3. The van der Waals surface area contributed by atoms with Crippen molar-refractivity contribution in [2.75, 3.05) is 49.9 Å². The zero-order chi connectivity index (χ0) is 62.6. The second-order valence-corrected chi connectivity index (χ2v) is 22.9. The Hall–Kier alpha value is -7.62. The van der Waals surface area contributed by atoms with Crippen LogP contribution in [0, 0.1) is 11.8 Å². The fourth-order valence-corrected chi connectivity index (χ4v) is 11.2. The molecule has 4 bridgehead atoms. The minimum absolute atomic E-state index is 0.0249. The SMILES string of the molecule is COc1cc2cc(c1Cl)N(C)CC[C@H](OC(O)Nc1ccc(NC(=O)[C@H](CCCNC(N)=O)NC(=O)[C@@H](NC(=O)CCCCC(=O)ON3C(=O)CCC3=O)C(C)C)c3ncccc13)[C@]1(C)O[C@H]1[C@H](C)[C@@H]1C[C@@](O)(NC(=O)O1)[C@H](OC)/C=C/C=C(\C)C2. The van der Waals surface area contributed by atoms with Gasteiger partial charge in [-0.05, 0) is 100 Å². The lowest BCUT2D eigenvalue weighted by Gasteiger charge is -2.42. The van der Waals surface area contributed by atoms with E-state index >= 15 is 0 Å². The summed E-state index contributed by atoms with van der Waals surface area (Å²) >= 11 is 6.96. The number of imide groups is 1. The van der Waals surface area contributed by atoms with Crippen LogP contribution in [-0.2, 0) is 59.0 Å². The van der Waals surface area contributed by atoms with Gasteiger partial charge in [-0.15, -0.1) is 5.06 Å². The molecule has 3 saturated heterocycles. The molecule has 10 N–H and O–H groups in total. The van der Waals surface area contributed by atoms with Gasteiger partial charge in [0.2, 0.25) is 24.1 Å². The first kappa shape index (κ1) is 65.9. The fourth-order valence-electron chi connectivity index (χ4n) is 10.9. The van der Waals surface area contributed by atoms with Crippen LogP contribution in [0.15, 0.2) is 66.4 Å². The third kappa shape index (κ3) is 16.7. The predicted molar refractivity (Wildman–Crippen MR) is 315 cm³/mol. The zero-order valence-corrected chi connectivity index (χ0v) is 50.3. The second-order valence-electron chi connectivity index (χ2n) is 22.6. The lowest BCUT2D eigenvalue weighted by Crippen LogP contribution is -2.63. The van der Waals surface area contributed by atoms with Gasteiger partial charge in [0.1, 0.15) is 40.7 Å². The maximum atomic E-state index is 14.3. The molecule has 27 heteroatoms. The van der Waals surface area contributed by atoms with E-state index in [2.05, 4.69) is 36.9 Å². The van der Waals surface area contributed by atoms with Gasteiger partial charge in [0.15, 0.2) is 5.72 Å². The summed E-state index contributed by atoms with van der Waals surface area (Å²) in [6.07, 6.45) is 2.15. The Kier molecular flexibility index (Phi) is 22.4. The Morgan fingerprint density at radius 3 is 2.42 bits per heavy atom. The molecule has 3 aromatic rings. The number of anilines is 3. The zero-order valence-electron chi connectivity index (χ0n) is 49.6. The van der Waals surface area contributed by atoms with Gasteiger partial charge in [-0.25, -0.2) is 14.4 Å². The van der Waals surface area contributed by atoms with E-state index in [1.807, 2.05) is 50.9 Å². The molecule has 0 saturated carbocycles. The van der Waals surface area contributed by atoms with E-state index < -0.39 is 114 Å². The van der Waals surface area contributed by atoms with E-state index in [9.17, 15) is 48.6 Å². The maximum Gasteiger partial charge on any atom is 0.409 e. The summed E-state index contributed by atoms with van der Waals surface area (Å²) in [5.41, 5.74) is 5.81. The Morgan fingerprint density at radius 1 is 1.00 bits per heavy atom. The number of nitrogens with one attached hydrogen (secondary N) is 6. The Labute approximate surface area is 503 Å². The fraction of sp³-hybridized carbons (Fsp3) is 0.542. The summed E-state index contributed by atoms with van der Waals surface area (Å²) in [6.45, 7) is 9.50. The largest absolute Gasteiger partial charge is 0.495 e. The van der Waals surface area contributed by atoms with E-state index in [4.69, 9.17) is 45.9 Å². The molecular weight excluding hydrogens is 1140 g/mol. The van der Waals surface area contributed by atoms with Crippen molar-refractivity contribution in [1.29, 1.82) is 0 Å². The number of carbonyl (C=O) groups is 8. The number of pyridine rings is 1. The highest BCUT2D eigenvalue weighted by Gasteiger charge is 2.63. The minimum atomic E-state index is -1.85. The van der Waals surface area contributed by atoms with Gasteiger partial charge >= 0.3 is 18.1 Å². The monoisotopic (exact) mass is 1220 g/mol. The van der Waals surface area contributed by atoms with E-state index in [0.29, 0.717) is 51.1 Å². The van der Waals surface area contributed by atoms with Crippen molar-refractivity contribution in [2.24, 2.45) is 17.6 Å². The molecule has 86 heavy (non-hydrogen) atoms. The van der Waals surface area contributed by atoms with Gasteiger partial charge in [0.05, 0.1) is 36.2 Å². The molecule has 4 aliphatic heterocycles. The molecule has 4 aliphatic rings. The number of hydroxylamine groups is 2. The number of alkyl carbamates (subject to hydrolysis) is 1. The third-order valence-electron chi connectivity index (χ3n) is 15.7. The van der Waals surface area contributed by atoms with Crippen molar-refractivity contribution in [3.8, 4) is 5.75 Å². The van der Waals surface area contributed by atoms with E-state index in [0.717, 1.165) is 11.1 Å². The van der Waals surface area contributed by atoms with Crippen LogP contribution in [0.25, 0.3) is 10.9 Å². The first-order valence-electron chi connectivity index (χ1n) is 28.7. The second kappa shape index (κ2) is 29.2. The number of rotatable bonds is 22. The lowest BCUT2D eigenvalue weighted by atomic mass is 9.83. The Morgan fingerprint density at radius 2 is 1.72 bits per heavy atom. The summed E-state index contributed by atoms with van der Waals surface area (Å²) < 4.78 is 30.2. The molecule has 0 spiro atoms. The molecule has 3 fully saturated rings. The normalized spacial score (nSPS) is 25.3. The van der Waals surface area contributed by atoms with Crippen molar-refractivity contribution in [2.45, 2.75) is 159 Å². The number of amides is 8. The highest BCUT2D eigenvalue weighted by atomic mass is 35.5. The number of fused-ring (bicyclic) bond motifs is 6. The number of benzene rings is 2. The summed E-state index contributed by atoms with van der Waals surface area (Å²) in [6, 6.07) is 7.31. The van der Waals surface area contributed by atoms with Crippen molar-refractivity contribution in [3.63, 3.8) is 0 Å². The van der Waals surface area contributed by atoms with Crippen molar-refractivity contribution in [1.82, 2.24) is 31.3 Å². The van der Waals surface area contributed by atoms with Crippen LogP contribution in [0.5, 0.6) is 5.75 Å². The number of hydrogen-bond acceptors (Lipinski definition) is 19. The predicted octanol–water partition coefficient (Wildman–Crippen LogP) is 4.73. The molecule has 0 aliphatic carbocycles. The Balaban J connectivity index is 1.07. The smallest absolute Gasteiger partial charge is 0.409 e. The van der Waals surface area contributed by atoms with Gasteiger partial charge in [-0.1, -0.05) is 56.2 Å². The van der Waals surface area contributed by atoms with Crippen LogP contribution in [-0.4, -0.2) is 156 Å². The van der Waals surface area contributed by atoms with Gasteiger partial charge in [-0.3, -0.25) is 34.3 Å². The van der Waals surface area contributed by atoms with E-state index in [1.165, 1.54) is 13.3 Å². The van der Waals surface area contributed by atoms with Crippen LogP contribution in [0.1, 0.15) is 104 Å². The average molecular weight is 1220 g/mol. The molecular formula is C59H79ClN10O16. The number of carbonyl (C=O) groups excluding carboxylic acids is 8. The quantitative estimate of drug-likeness (QED) is 0.0284. The van der Waals surface area contributed by atoms with Crippen molar-refractivity contribution < 1.29 is 77.1 Å². The van der Waals surface area contributed by atoms with Crippen LogP contribution >= 0.6 is 11.6 Å². The number of allylic oxidation sites excluding steroid dienone is 3. The number of ether oxygens (including phenoxy) is 5. The number of epoxide rings is 1. The van der Waals surface area contributed by atoms with Crippen LogP contribution in [0.4, 0.5) is 26.7 Å². The number of methoxy groups -OCH3 is 2. The molecule has 5 heterocycles. The highest BCUT2D eigenvalue weighted by Crippen LogP contribution is 2.49. The van der Waals surface area contributed by atoms with Crippen LogP contribution < -0.4 is 47.3 Å². The van der Waals surface area contributed by atoms with Gasteiger partial charge in [-0.2, -0.15) is 0 Å². The third-order valence-corrected chi connectivity index (χ3v) is 16.1.